The average molecular weight is 433 g/mol. The first-order chi connectivity index (χ1) is 13.8. The Kier molecular flexibility index (Phi) is 9.05. The highest BCUT2D eigenvalue weighted by atomic mass is 35.5. The van der Waals surface area contributed by atoms with Crippen molar-refractivity contribution in [2.45, 2.75) is 57.6 Å². The molecule has 2 aromatic carbocycles. The fraction of sp³-hybridized carbons (Fsp3) is 0.391. The Morgan fingerprint density at radius 3 is 2.34 bits per heavy atom. The third-order valence-corrected chi connectivity index (χ3v) is 5.86. The van der Waals surface area contributed by atoms with Crippen molar-refractivity contribution in [2.24, 2.45) is 0 Å². The average Bonchev–Trinajstić information content (AvgIpc) is 2.68. The molecule has 29 heavy (non-hydrogen) atoms. The van der Waals surface area contributed by atoms with E-state index in [1.54, 1.807) is 11.0 Å². The van der Waals surface area contributed by atoms with Crippen LogP contribution in [0.1, 0.15) is 38.3 Å². The molecule has 1 N–H and O–H groups in total. The van der Waals surface area contributed by atoms with Gasteiger partial charge in [0.25, 0.3) is 0 Å². The van der Waals surface area contributed by atoms with Crippen LogP contribution in [-0.2, 0) is 16.1 Å². The Balaban J connectivity index is 2.21. The molecule has 4 nitrogen and oxygen atoms in total. The summed E-state index contributed by atoms with van der Waals surface area (Å²) >= 11 is 7.81. The third kappa shape index (κ3) is 7.09. The van der Waals surface area contributed by atoms with Crippen LogP contribution in [0.5, 0.6) is 0 Å². The molecule has 0 aliphatic rings. The normalized spacial score (nSPS) is 11.9. The molecule has 0 saturated heterocycles. The standard InChI is InChI=1S/C23H29ClN2O2S/c1-5-21(23(28)25-16(2)3)26(14-18-8-6-7-9-20(18)24)22(27)15-29-19-12-10-17(4)11-13-19/h6-13,16,21H,5,14-15H2,1-4H3,(H,25,28)/t21-/m1/s1. The van der Waals surface area contributed by atoms with Gasteiger partial charge in [0.05, 0.1) is 5.75 Å². The Morgan fingerprint density at radius 1 is 1.10 bits per heavy atom. The van der Waals surface area contributed by atoms with E-state index in [0.717, 1.165) is 10.5 Å². The first kappa shape index (κ1) is 23.3. The van der Waals surface area contributed by atoms with Gasteiger partial charge in [-0.1, -0.05) is 54.4 Å². The largest absolute Gasteiger partial charge is 0.352 e. The van der Waals surface area contributed by atoms with Gasteiger partial charge in [0.2, 0.25) is 11.8 Å². The van der Waals surface area contributed by atoms with Crippen LogP contribution in [0.15, 0.2) is 53.4 Å². The molecule has 0 unspecified atom stereocenters. The Morgan fingerprint density at radius 2 is 1.76 bits per heavy atom. The van der Waals surface area contributed by atoms with Crippen LogP contribution in [0.2, 0.25) is 5.02 Å². The van der Waals surface area contributed by atoms with Crippen LogP contribution in [0.25, 0.3) is 0 Å². The first-order valence-corrected chi connectivity index (χ1v) is 11.2. The van der Waals surface area contributed by atoms with Gasteiger partial charge in [0, 0.05) is 22.5 Å². The summed E-state index contributed by atoms with van der Waals surface area (Å²) in [5.74, 6) is 0.0448. The third-order valence-electron chi connectivity index (χ3n) is 4.50. The Labute approximate surface area is 183 Å². The molecule has 0 bridgehead atoms. The summed E-state index contributed by atoms with van der Waals surface area (Å²) in [5, 5.41) is 3.53. The van der Waals surface area contributed by atoms with Crippen LogP contribution >= 0.6 is 23.4 Å². The van der Waals surface area contributed by atoms with Crippen molar-refractivity contribution in [3.8, 4) is 0 Å². The highest BCUT2D eigenvalue weighted by Gasteiger charge is 2.29. The van der Waals surface area contributed by atoms with Gasteiger partial charge in [-0.25, -0.2) is 0 Å². The quantitative estimate of drug-likeness (QED) is 0.562. The number of benzene rings is 2. The van der Waals surface area contributed by atoms with Gasteiger partial charge < -0.3 is 10.2 Å². The number of carbonyl (C=O) groups excluding carboxylic acids is 2. The number of hydrogen-bond acceptors (Lipinski definition) is 3. The number of carbonyl (C=O) groups is 2. The highest BCUT2D eigenvalue weighted by molar-refractivity contribution is 8.00. The summed E-state index contributed by atoms with van der Waals surface area (Å²) in [6.07, 6.45) is 0.532. The van der Waals surface area contributed by atoms with E-state index in [9.17, 15) is 9.59 Å². The lowest BCUT2D eigenvalue weighted by Gasteiger charge is -2.31. The minimum Gasteiger partial charge on any atom is -0.352 e. The van der Waals surface area contributed by atoms with E-state index in [4.69, 9.17) is 11.6 Å². The predicted molar refractivity (Wildman–Crippen MR) is 121 cm³/mol. The molecule has 1 atom stereocenters. The van der Waals surface area contributed by atoms with E-state index in [0.29, 0.717) is 18.0 Å². The SMILES string of the molecule is CC[C@H](C(=O)NC(C)C)N(Cc1ccccc1Cl)C(=O)CSc1ccc(C)cc1. The molecule has 0 radical (unpaired) electrons. The lowest BCUT2D eigenvalue weighted by atomic mass is 10.1. The van der Waals surface area contributed by atoms with Gasteiger partial charge in [-0.05, 0) is 51.0 Å². The number of thioether (sulfide) groups is 1. The predicted octanol–water partition coefficient (Wildman–Crippen LogP) is 5.07. The fourth-order valence-corrected chi connectivity index (χ4v) is 3.95. The van der Waals surface area contributed by atoms with Gasteiger partial charge in [0.15, 0.2) is 0 Å². The van der Waals surface area contributed by atoms with Gasteiger partial charge in [-0.3, -0.25) is 9.59 Å². The van der Waals surface area contributed by atoms with Crippen molar-refractivity contribution in [3.63, 3.8) is 0 Å². The van der Waals surface area contributed by atoms with Crippen LogP contribution in [-0.4, -0.2) is 34.6 Å². The number of hydrogen-bond donors (Lipinski definition) is 1. The van der Waals surface area contributed by atoms with Crippen molar-refractivity contribution in [2.75, 3.05) is 5.75 Å². The van der Waals surface area contributed by atoms with Crippen molar-refractivity contribution in [1.82, 2.24) is 10.2 Å². The zero-order valence-corrected chi connectivity index (χ0v) is 19.0. The minimum absolute atomic E-state index is 0.00995. The van der Waals surface area contributed by atoms with Crippen molar-refractivity contribution in [3.05, 3.63) is 64.7 Å². The van der Waals surface area contributed by atoms with Crippen molar-refractivity contribution in [1.29, 1.82) is 0 Å². The Bertz CT molecular complexity index is 824. The van der Waals surface area contributed by atoms with Crippen molar-refractivity contribution >= 4 is 35.2 Å². The van der Waals surface area contributed by atoms with Crippen molar-refractivity contribution < 1.29 is 9.59 Å². The molecule has 156 valence electrons. The molecule has 0 aliphatic heterocycles. The smallest absolute Gasteiger partial charge is 0.243 e. The summed E-state index contributed by atoms with van der Waals surface area (Å²) in [6.45, 7) is 8.09. The van der Waals surface area contributed by atoms with E-state index in [1.165, 1.54) is 17.3 Å². The molecular weight excluding hydrogens is 404 g/mol. The molecule has 0 aromatic heterocycles. The lowest BCUT2D eigenvalue weighted by molar-refractivity contribution is -0.139. The monoisotopic (exact) mass is 432 g/mol. The summed E-state index contributed by atoms with van der Waals surface area (Å²) in [6, 6.07) is 15.0. The van der Waals surface area contributed by atoms with E-state index >= 15 is 0 Å². The number of nitrogens with zero attached hydrogens (tertiary/aromatic N) is 1. The second kappa shape index (κ2) is 11.3. The van der Waals surface area contributed by atoms with Crippen LogP contribution < -0.4 is 5.32 Å². The Hall–Kier alpha value is -1.98. The fourth-order valence-electron chi connectivity index (χ4n) is 2.97. The second-order valence-corrected chi connectivity index (χ2v) is 8.76. The molecular formula is C23H29ClN2O2S. The molecule has 0 spiro atoms. The molecule has 2 rings (SSSR count). The number of amides is 2. The highest BCUT2D eigenvalue weighted by Crippen LogP contribution is 2.23. The van der Waals surface area contributed by atoms with Gasteiger partial charge in [-0.15, -0.1) is 11.8 Å². The maximum Gasteiger partial charge on any atom is 0.243 e. The molecule has 2 aromatic rings. The zero-order valence-electron chi connectivity index (χ0n) is 17.4. The first-order valence-electron chi connectivity index (χ1n) is 9.84. The van der Waals surface area contributed by atoms with Crippen LogP contribution in [0.4, 0.5) is 0 Å². The lowest BCUT2D eigenvalue weighted by Crippen LogP contribution is -2.51. The molecule has 0 fully saturated rings. The topological polar surface area (TPSA) is 49.4 Å². The van der Waals surface area contributed by atoms with Gasteiger partial charge >= 0.3 is 0 Å². The number of nitrogens with one attached hydrogen (secondary N) is 1. The number of aryl methyl sites for hydroxylation is 1. The molecule has 0 aliphatic carbocycles. The van der Waals surface area contributed by atoms with E-state index in [-0.39, 0.29) is 23.6 Å². The van der Waals surface area contributed by atoms with Crippen LogP contribution in [0.3, 0.4) is 0 Å². The maximum absolute atomic E-state index is 13.2. The number of halogens is 1. The summed E-state index contributed by atoms with van der Waals surface area (Å²) in [5.41, 5.74) is 2.01. The molecule has 0 saturated carbocycles. The van der Waals surface area contributed by atoms with E-state index in [2.05, 4.69) is 5.32 Å². The molecule has 2 amide bonds. The minimum atomic E-state index is -0.542. The van der Waals surface area contributed by atoms with E-state index < -0.39 is 6.04 Å². The zero-order chi connectivity index (χ0) is 21.4. The van der Waals surface area contributed by atoms with Gasteiger partial charge in [-0.2, -0.15) is 0 Å². The van der Waals surface area contributed by atoms with Gasteiger partial charge in [0.1, 0.15) is 6.04 Å². The summed E-state index contributed by atoms with van der Waals surface area (Å²) in [4.78, 5) is 28.6. The molecule has 0 heterocycles. The number of rotatable bonds is 9. The summed E-state index contributed by atoms with van der Waals surface area (Å²) in [7, 11) is 0. The van der Waals surface area contributed by atoms with Crippen LogP contribution in [0, 0.1) is 6.92 Å². The van der Waals surface area contributed by atoms with E-state index in [1.807, 2.05) is 70.2 Å². The molecule has 6 heteroatoms. The second-order valence-electron chi connectivity index (χ2n) is 7.30. The summed E-state index contributed by atoms with van der Waals surface area (Å²) < 4.78 is 0. The maximum atomic E-state index is 13.2.